The summed E-state index contributed by atoms with van der Waals surface area (Å²) >= 11 is 0. The van der Waals surface area contributed by atoms with Gasteiger partial charge in [0.25, 0.3) is 0 Å². The second kappa shape index (κ2) is 6.49. The molecule has 1 aliphatic heterocycles. The first-order chi connectivity index (χ1) is 7.11. The van der Waals surface area contributed by atoms with Crippen LogP contribution in [0.1, 0.15) is 40.5 Å². The van der Waals surface area contributed by atoms with Gasteiger partial charge in [0.15, 0.2) is 0 Å². The molecule has 0 bridgehead atoms. The lowest BCUT2D eigenvalue weighted by molar-refractivity contribution is 0.197. The molecule has 0 spiro atoms. The molecule has 1 heterocycles. The minimum absolute atomic E-state index is 0.729. The van der Waals surface area contributed by atoms with Gasteiger partial charge in [-0.25, -0.2) is 0 Å². The molecule has 1 aliphatic rings. The van der Waals surface area contributed by atoms with Gasteiger partial charge < -0.3 is 10.2 Å². The third-order valence-corrected chi connectivity index (χ3v) is 3.31. The quantitative estimate of drug-likeness (QED) is 0.752. The Morgan fingerprint density at radius 1 is 1.40 bits per heavy atom. The van der Waals surface area contributed by atoms with Crippen molar-refractivity contribution in [2.75, 3.05) is 26.2 Å². The Morgan fingerprint density at radius 2 is 2.13 bits per heavy atom. The Bertz CT molecular complexity index is 166. The highest BCUT2D eigenvalue weighted by Crippen LogP contribution is 2.16. The lowest BCUT2D eigenvalue weighted by atomic mass is 9.94. The minimum Gasteiger partial charge on any atom is -0.313 e. The van der Waals surface area contributed by atoms with Gasteiger partial charge in [0, 0.05) is 19.1 Å². The molecule has 0 radical (unpaired) electrons. The zero-order valence-electron chi connectivity index (χ0n) is 10.9. The summed E-state index contributed by atoms with van der Waals surface area (Å²) in [5, 5.41) is 3.65. The Balaban J connectivity index is 2.30. The predicted molar refractivity (Wildman–Crippen MR) is 67.1 cm³/mol. The Labute approximate surface area is 95.4 Å². The van der Waals surface area contributed by atoms with Crippen molar-refractivity contribution in [1.82, 2.24) is 10.2 Å². The maximum absolute atomic E-state index is 3.65. The molecule has 2 unspecified atom stereocenters. The van der Waals surface area contributed by atoms with E-state index >= 15 is 0 Å². The molecule has 2 heteroatoms. The second-order valence-corrected chi connectivity index (χ2v) is 5.53. The predicted octanol–water partition coefficient (Wildman–Crippen LogP) is 2.35. The maximum Gasteiger partial charge on any atom is 0.0197 e. The largest absolute Gasteiger partial charge is 0.313 e. The molecule has 2 nitrogen and oxygen atoms in total. The van der Waals surface area contributed by atoms with Crippen molar-refractivity contribution in [3.8, 4) is 0 Å². The van der Waals surface area contributed by atoms with Gasteiger partial charge in [-0.05, 0) is 37.8 Å². The first kappa shape index (κ1) is 13.0. The average Bonchev–Trinajstić information content (AvgIpc) is 2.16. The highest BCUT2D eigenvalue weighted by molar-refractivity contribution is 4.79. The third kappa shape index (κ3) is 4.98. The lowest BCUT2D eigenvalue weighted by Crippen LogP contribution is -2.46. The summed E-state index contributed by atoms with van der Waals surface area (Å²) in [7, 11) is 0. The van der Waals surface area contributed by atoms with Crippen LogP contribution < -0.4 is 5.32 Å². The average molecular weight is 212 g/mol. The number of hydrogen-bond acceptors (Lipinski definition) is 2. The standard InChI is InChI=1S/C13H28N2/c1-5-15(9-11(2)3)10-13-8-12(4)6-7-14-13/h11-14H,5-10H2,1-4H3. The monoisotopic (exact) mass is 212 g/mol. The van der Waals surface area contributed by atoms with E-state index in [1.807, 2.05) is 0 Å². The molecular weight excluding hydrogens is 184 g/mol. The van der Waals surface area contributed by atoms with Crippen LogP contribution in [0.3, 0.4) is 0 Å². The highest BCUT2D eigenvalue weighted by Gasteiger charge is 2.20. The van der Waals surface area contributed by atoms with Crippen molar-refractivity contribution in [3.05, 3.63) is 0 Å². The number of nitrogens with one attached hydrogen (secondary N) is 1. The molecule has 0 aliphatic carbocycles. The van der Waals surface area contributed by atoms with Gasteiger partial charge in [-0.1, -0.05) is 27.7 Å². The fraction of sp³-hybridized carbons (Fsp3) is 1.00. The van der Waals surface area contributed by atoms with Crippen molar-refractivity contribution < 1.29 is 0 Å². The molecule has 0 aromatic carbocycles. The second-order valence-electron chi connectivity index (χ2n) is 5.53. The maximum atomic E-state index is 3.65. The SMILES string of the molecule is CCN(CC(C)C)CC1CC(C)CCN1. The van der Waals surface area contributed by atoms with E-state index < -0.39 is 0 Å². The van der Waals surface area contributed by atoms with Crippen LogP contribution in [0.4, 0.5) is 0 Å². The van der Waals surface area contributed by atoms with E-state index in [9.17, 15) is 0 Å². The number of rotatable bonds is 5. The van der Waals surface area contributed by atoms with Crippen LogP contribution in [-0.4, -0.2) is 37.1 Å². The van der Waals surface area contributed by atoms with Crippen molar-refractivity contribution >= 4 is 0 Å². The summed E-state index contributed by atoms with van der Waals surface area (Å²) in [6.07, 6.45) is 2.71. The summed E-state index contributed by atoms with van der Waals surface area (Å²) in [4.78, 5) is 2.58. The molecule has 0 aromatic rings. The first-order valence-corrected chi connectivity index (χ1v) is 6.57. The molecule has 1 rings (SSSR count). The fourth-order valence-corrected chi connectivity index (χ4v) is 2.52. The molecule has 1 saturated heterocycles. The third-order valence-electron chi connectivity index (χ3n) is 3.31. The van der Waals surface area contributed by atoms with Crippen molar-refractivity contribution in [2.24, 2.45) is 11.8 Å². The number of hydrogen-bond donors (Lipinski definition) is 1. The van der Waals surface area contributed by atoms with E-state index in [0.717, 1.165) is 17.9 Å². The van der Waals surface area contributed by atoms with Gasteiger partial charge in [0.1, 0.15) is 0 Å². The summed E-state index contributed by atoms with van der Waals surface area (Å²) in [5.74, 6) is 1.69. The first-order valence-electron chi connectivity index (χ1n) is 6.57. The van der Waals surface area contributed by atoms with Crippen LogP contribution >= 0.6 is 0 Å². The van der Waals surface area contributed by atoms with E-state index in [1.54, 1.807) is 0 Å². The summed E-state index contributed by atoms with van der Waals surface area (Å²) in [5.41, 5.74) is 0. The fourth-order valence-electron chi connectivity index (χ4n) is 2.52. The van der Waals surface area contributed by atoms with Crippen LogP contribution in [-0.2, 0) is 0 Å². The van der Waals surface area contributed by atoms with E-state index in [-0.39, 0.29) is 0 Å². The smallest absolute Gasteiger partial charge is 0.0197 e. The number of likely N-dealkylation sites (N-methyl/N-ethyl adjacent to an activating group) is 1. The van der Waals surface area contributed by atoms with E-state index in [0.29, 0.717) is 0 Å². The van der Waals surface area contributed by atoms with Gasteiger partial charge in [0.05, 0.1) is 0 Å². The zero-order valence-corrected chi connectivity index (χ0v) is 10.9. The number of nitrogens with zero attached hydrogens (tertiary/aromatic N) is 1. The van der Waals surface area contributed by atoms with Gasteiger partial charge in [-0.15, -0.1) is 0 Å². The van der Waals surface area contributed by atoms with Gasteiger partial charge >= 0.3 is 0 Å². The minimum atomic E-state index is 0.729. The van der Waals surface area contributed by atoms with Crippen LogP contribution in [0.15, 0.2) is 0 Å². The molecule has 90 valence electrons. The van der Waals surface area contributed by atoms with E-state index in [1.165, 1.54) is 39.0 Å². The van der Waals surface area contributed by atoms with Crippen molar-refractivity contribution in [1.29, 1.82) is 0 Å². The summed E-state index contributed by atoms with van der Waals surface area (Å²) in [6.45, 7) is 14.1. The molecule has 1 fully saturated rings. The van der Waals surface area contributed by atoms with Gasteiger partial charge in [-0.3, -0.25) is 0 Å². The van der Waals surface area contributed by atoms with Crippen molar-refractivity contribution in [3.63, 3.8) is 0 Å². The molecule has 0 amide bonds. The van der Waals surface area contributed by atoms with Gasteiger partial charge in [0.2, 0.25) is 0 Å². The van der Waals surface area contributed by atoms with E-state index in [4.69, 9.17) is 0 Å². The molecule has 0 saturated carbocycles. The molecule has 0 aromatic heterocycles. The molecular formula is C13H28N2. The van der Waals surface area contributed by atoms with Gasteiger partial charge in [-0.2, -0.15) is 0 Å². The molecule has 2 atom stereocenters. The normalized spacial score (nSPS) is 27.6. The van der Waals surface area contributed by atoms with E-state index in [2.05, 4.69) is 37.9 Å². The topological polar surface area (TPSA) is 15.3 Å². The Hall–Kier alpha value is -0.0800. The lowest BCUT2D eigenvalue weighted by Gasteiger charge is -2.33. The summed E-state index contributed by atoms with van der Waals surface area (Å²) in [6, 6.07) is 0.729. The van der Waals surface area contributed by atoms with Crippen LogP contribution in [0.2, 0.25) is 0 Å². The summed E-state index contributed by atoms with van der Waals surface area (Å²) < 4.78 is 0. The van der Waals surface area contributed by atoms with Crippen molar-refractivity contribution in [2.45, 2.75) is 46.6 Å². The van der Waals surface area contributed by atoms with Crippen LogP contribution in [0.25, 0.3) is 0 Å². The Morgan fingerprint density at radius 3 is 2.67 bits per heavy atom. The van der Waals surface area contributed by atoms with Crippen LogP contribution in [0.5, 0.6) is 0 Å². The van der Waals surface area contributed by atoms with Crippen LogP contribution in [0, 0.1) is 11.8 Å². The Kier molecular flexibility index (Phi) is 5.62. The molecule has 15 heavy (non-hydrogen) atoms. The zero-order chi connectivity index (χ0) is 11.3. The number of piperidine rings is 1. The highest BCUT2D eigenvalue weighted by atomic mass is 15.1. The molecule has 1 N–H and O–H groups in total.